The molecule has 0 aliphatic heterocycles. The molecule has 2 heterocycles. The van der Waals surface area contributed by atoms with Gasteiger partial charge in [-0.3, -0.25) is 4.79 Å². The lowest BCUT2D eigenvalue weighted by Crippen LogP contribution is -2.31. The number of nitriles is 1. The van der Waals surface area contributed by atoms with Crippen LogP contribution in [0.15, 0.2) is 39.0 Å². The molecular formula is C14H7BrFN3O3S2. The zero-order valence-corrected chi connectivity index (χ0v) is 14.9. The number of H-pyrrole nitrogens is 1. The molecule has 0 saturated carbocycles. The number of rotatable bonds is 3. The topological polar surface area (TPSA) is 103 Å². The predicted molar refractivity (Wildman–Crippen MR) is 89.6 cm³/mol. The predicted octanol–water partition coefficient (Wildman–Crippen LogP) is 3.12. The molecule has 3 aromatic rings. The van der Waals surface area contributed by atoms with Crippen LogP contribution >= 0.6 is 27.3 Å². The average Bonchev–Trinajstić information content (AvgIpc) is 3.09. The second-order valence-corrected chi connectivity index (χ2v) is 8.11. The van der Waals surface area contributed by atoms with Crippen LogP contribution in [0.5, 0.6) is 0 Å². The van der Waals surface area contributed by atoms with Crippen molar-refractivity contribution in [3.05, 3.63) is 51.2 Å². The van der Waals surface area contributed by atoms with E-state index in [0.717, 1.165) is 27.4 Å². The highest BCUT2D eigenvalue weighted by Crippen LogP contribution is 2.30. The lowest BCUT2D eigenvalue weighted by molar-refractivity contribution is 0.0977. The van der Waals surface area contributed by atoms with Crippen LogP contribution in [-0.4, -0.2) is 19.3 Å². The number of hydrogen-bond acceptors (Lipinski definition) is 5. The molecule has 0 radical (unpaired) electrons. The van der Waals surface area contributed by atoms with E-state index in [1.807, 2.05) is 5.38 Å². The first-order valence-electron chi connectivity index (χ1n) is 6.34. The molecule has 0 atom stereocenters. The molecule has 1 aromatic carbocycles. The third-order valence-corrected chi connectivity index (χ3v) is 6.35. The van der Waals surface area contributed by atoms with Gasteiger partial charge in [0.05, 0.1) is 26.3 Å². The van der Waals surface area contributed by atoms with Crippen molar-refractivity contribution in [3.8, 4) is 6.07 Å². The summed E-state index contributed by atoms with van der Waals surface area (Å²) in [6, 6.07) is 6.09. The van der Waals surface area contributed by atoms with E-state index in [9.17, 15) is 17.6 Å². The molecule has 3 rings (SSSR count). The minimum Gasteiger partial charge on any atom is -0.349 e. The van der Waals surface area contributed by atoms with E-state index in [0.29, 0.717) is 5.52 Å². The van der Waals surface area contributed by atoms with Gasteiger partial charge in [0.1, 0.15) is 16.4 Å². The first kappa shape index (κ1) is 16.6. The molecule has 0 unspecified atom stereocenters. The van der Waals surface area contributed by atoms with Gasteiger partial charge in [-0.2, -0.15) is 5.26 Å². The van der Waals surface area contributed by atoms with E-state index in [4.69, 9.17) is 5.26 Å². The number of hydrogen-bond donors (Lipinski definition) is 2. The Morgan fingerprint density at radius 3 is 2.75 bits per heavy atom. The Labute approximate surface area is 148 Å². The van der Waals surface area contributed by atoms with Crippen LogP contribution in [0.3, 0.4) is 0 Å². The highest BCUT2D eigenvalue weighted by atomic mass is 79.9. The van der Waals surface area contributed by atoms with Gasteiger partial charge < -0.3 is 4.98 Å². The van der Waals surface area contributed by atoms with Crippen molar-refractivity contribution in [2.24, 2.45) is 0 Å². The monoisotopic (exact) mass is 427 g/mol. The summed E-state index contributed by atoms with van der Waals surface area (Å²) in [5.74, 6) is -2.02. The van der Waals surface area contributed by atoms with Crippen molar-refractivity contribution >= 4 is 53.4 Å². The smallest absolute Gasteiger partial charge is 0.281 e. The molecule has 0 saturated heterocycles. The molecule has 0 aliphatic rings. The number of nitrogens with zero attached hydrogens (tertiary/aromatic N) is 1. The second kappa shape index (κ2) is 6.01. The molecule has 2 aromatic heterocycles. The Morgan fingerprint density at radius 1 is 1.38 bits per heavy atom. The van der Waals surface area contributed by atoms with Gasteiger partial charge in [0.25, 0.3) is 15.9 Å². The summed E-state index contributed by atoms with van der Waals surface area (Å²) >= 11 is 4.68. The Balaban J connectivity index is 1.91. The molecule has 0 bridgehead atoms. The largest absolute Gasteiger partial charge is 0.349 e. The number of thiophene rings is 1. The Hall–Kier alpha value is -2.22. The Kier molecular flexibility index (Phi) is 4.16. The zero-order chi connectivity index (χ0) is 17.5. The summed E-state index contributed by atoms with van der Waals surface area (Å²) in [4.78, 5) is 14.2. The summed E-state index contributed by atoms with van der Waals surface area (Å²) in [6.07, 6.45) is 0. The first-order chi connectivity index (χ1) is 11.3. The van der Waals surface area contributed by atoms with Crippen molar-refractivity contribution in [2.75, 3.05) is 0 Å². The number of halogens is 2. The zero-order valence-electron chi connectivity index (χ0n) is 11.6. The summed E-state index contributed by atoms with van der Waals surface area (Å²) in [5, 5.41) is 10.5. The number of aromatic nitrogens is 1. The summed E-state index contributed by atoms with van der Waals surface area (Å²) in [7, 11) is -4.41. The van der Waals surface area contributed by atoms with E-state index in [-0.39, 0.29) is 11.3 Å². The molecule has 24 heavy (non-hydrogen) atoms. The molecule has 6 nitrogen and oxygen atoms in total. The molecule has 0 spiro atoms. The number of sulfonamides is 1. The third-order valence-electron chi connectivity index (χ3n) is 3.13. The maximum atomic E-state index is 13.9. The maximum absolute atomic E-state index is 13.9. The number of carbonyl (C=O) groups excluding carboxylic acids is 1. The lowest BCUT2D eigenvalue weighted by Gasteiger charge is -2.07. The third kappa shape index (κ3) is 2.93. The fraction of sp³-hybridized carbons (Fsp3) is 0. The van der Waals surface area contributed by atoms with Gasteiger partial charge in [0.15, 0.2) is 0 Å². The Bertz CT molecular complexity index is 1110. The van der Waals surface area contributed by atoms with E-state index in [2.05, 4.69) is 20.9 Å². The van der Waals surface area contributed by atoms with Crippen LogP contribution in [0.1, 0.15) is 16.1 Å². The highest BCUT2D eigenvalue weighted by Gasteiger charge is 2.24. The number of aromatic amines is 1. The molecule has 0 aliphatic carbocycles. The van der Waals surface area contributed by atoms with Gasteiger partial charge in [-0.25, -0.2) is 17.5 Å². The van der Waals surface area contributed by atoms with Gasteiger partial charge in [-0.05, 0) is 40.2 Å². The van der Waals surface area contributed by atoms with E-state index in [1.165, 1.54) is 17.4 Å². The lowest BCUT2D eigenvalue weighted by atomic mass is 10.2. The molecule has 1 amide bonds. The number of amides is 1. The number of benzene rings is 1. The van der Waals surface area contributed by atoms with Crippen molar-refractivity contribution < 1.29 is 17.6 Å². The molecule has 10 heteroatoms. The normalized spacial score (nSPS) is 11.4. The first-order valence-corrected chi connectivity index (χ1v) is 9.50. The highest BCUT2D eigenvalue weighted by molar-refractivity contribution is 9.10. The summed E-state index contributed by atoms with van der Waals surface area (Å²) < 4.78 is 41.6. The Morgan fingerprint density at radius 2 is 2.12 bits per heavy atom. The van der Waals surface area contributed by atoms with Crippen LogP contribution < -0.4 is 4.72 Å². The maximum Gasteiger partial charge on any atom is 0.281 e. The number of fused-ring (bicyclic) bond motifs is 1. The molecule has 0 fully saturated rings. The van der Waals surface area contributed by atoms with Crippen LogP contribution in [0.4, 0.5) is 4.39 Å². The van der Waals surface area contributed by atoms with Crippen LogP contribution in [0.2, 0.25) is 0 Å². The standard InChI is InChI=1S/C14H7BrFN3O3S2/c15-8-6-23-11-4-10(18-13(8)11)14(20)19-24(21,22)12-2-1-7(5-17)3-9(12)16/h1-4,6,18H,(H,19,20). The number of carbonyl (C=O) groups is 1. The fourth-order valence-corrected chi connectivity index (χ4v) is 4.59. The quantitative estimate of drug-likeness (QED) is 0.669. The van der Waals surface area contributed by atoms with Crippen molar-refractivity contribution in [1.29, 1.82) is 5.26 Å². The van der Waals surface area contributed by atoms with Gasteiger partial charge in [-0.15, -0.1) is 11.3 Å². The fourth-order valence-electron chi connectivity index (χ4n) is 2.02. The van der Waals surface area contributed by atoms with Gasteiger partial charge in [0, 0.05) is 5.38 Å². The second-order valence-electron chi connectivity index (χ2n) is 4.70. The SMILES string of the molecule is N#Cc1ccc(S(=O)(=O)NC(=O)c2cc3scc(Br)c3[nH]2)c(F)c1. The van der Waals surface area contributed by atoms with E-state index < -0.39 is 26.6 Å². The van der Waals surface area contributed by atoms with Gasteiger partial charge >= 0.3 is 0 Å². The molecular weight excluding hydrogens is 421 g/mol. The van der Waals surface area contributed by atoms with Crippen LogP contribution in [0, 0.1) is 17.1 Å². The minimum atomic E-state index is -4.41. The number of nitrogens with one attached hydrogen (secondary N) is 2. The van der Waals surface area contributed by atoms with E-state index in [1.54, 1.807) is 10.8 Å². The van der Waals surface area contributed by atoms with Crippen molar-refractivity contribution in [3.63, 3.8) is 0 Å². The van der Waals surface area contributed by atoms with Crippen LogP contribution in [0.25, 0.3) is 10.2 Å². The summed E-state index contributed by atoms with van der Waals surface area (Å²) in [6.45, 7) is 0. The molecule has 2 N–H and O–H groups in total. The van der Waals surface area contributed by atoms with Crippen LogP contribution in [-0.2, 0) is 10.0 Å². The van der Waals surface area contributed by atoms with Gasteiger partial charge in [-0.1, -0.05) is 0 Å². The summed E-state index contributed by atoms with van der Waals surface area (Å²) in [5.41, 5.74) is 0.689. The molecule has 122 valence electrons. The van der Waals surface area contributed by atoms with Crippen molar-refractivity contribution in [1.82, 2.24) is 9.71 Å². The minimum absolute atomic E-state index is 0.0211. The van der Waals surface area contributed by atoms with E-state index >= 15 is 0 Å². The van der Waals surface area contributed by atoms with Crippen molar-refractivity contribution in [2.45, 2.75) is 4.90 Å². The van der Waals surface area contributed by atoms with Gasteiger partial charge in [0.2, 0.25) is 0 Å². The average molecular weight is 428 g/mol.